The fraction of sp³-hybridized carbons (Fsp3) is 0.353. The van der Waals surface area contributed by atoms with Gasteiger partial charge < -0.3 is 14.6 Å². The molecule has 0 aliphatic carbocycles. The number of benzene rings is 1. The van der Waals surface area contributed by atoms with Crippen molar-refractivity contribution in [3.05, 3.63) is 42.7 Å². The van der Waals surface area contributed by atoms with Gasteiger partial charge in [0.15, 0.2) is 0 Å². The quantitative estimate of drug-likeness (QED) is 0.870. The summed E-state index contributed by atoms with van der Waals surface area (Å²) in [5.41, 5.74) is 1.01. The van der Waals surface area contributed by atoms with Crippen molar-refractivity contribution < 1.29 is 17.6 Å². The molecule has 2 aromatic rings. The number of sulfonamides is 1. The summed E-state index contributed by atoms with van der Waals surface area (Å²) in [7, 11) is -3.74. The molecule has 1 saturated heterocycles. The first kappa shape index (κ1) is 17.3. The van der Waals surface area contributed by atoms with Gasteiger partial charge in [-0.3, -0.25) is 4.72 Å². The smallest absolute Gasteiger partial charge is 0.321 e. The number of carbonyl (C=O) groups is 1. The lowest BCUT2D eigenvalue weighted by Gasteiger charge is -2.20. The Morgan fingerprint density at radius 1 is 0.960 bits per heavy atom. The zero-order chi connectivity index (χ0) is 17.7. The Hall–Kier alpha value is -2.48. The normalized spacial score (nSPS) is 15.4. The van der Waals surface area contributed by atoms with Gasteiger partial charge in [-0.15, -0.1) is 0 Å². The number of nitrogens with zero attached hydrogens (tertiary/aromatic N) is 1. The molecule has 0 spiro atoms. The number of hydrogen-bond acceptors (Lipinski definition) is 4. The molecule has 1 aliphatic rings. The van der Waals surface area contributed by atoms with E-state index < -0.39 is 10.0 Å². The third kappa shape index (κ3) is 4.54. The van der Waals surface area contributed by atoms with Crippen molar-refractivity contribution in [1.82, 2.24) is 4.90 Å². The zero-order valence-electron chi connectivity index (χ0n) is 13.8. The zero-order valence-corrected chi connectivity index (χ0v) is 14.6. The second kappa shape index (κ2) is 7.60. The van der Waals surface area contributed by atoms with Crippen LogP contribution in [0.15, 0.2) is 52.2 Å². The number of rotatable bonds is 4. The van der Waals surface area contributed by atoms with Gasteiger partial charge in [-0.1, -0.05) is 12.8 Å². The lowest BCUT2D eigenvalue weighted by molar-refractivity contribution is 0.214. The second-order valence-corrected chi connectivity index (χ2v) is 7.56. The van der Waals surface area contributed by atoms with E-state index in [0.29, 0.717) is 11.4 Å². The number of nitrogens with one attached hydrogen (secondary N) is 2. The molecule has 2 heterocycles. The number of urea groups is 1. The lowest BCUT2D eigenvalue weighted by Crippen LogP contribution is -2.35. The number of anilines is 2. The number of carbonyl (C=O) groups excluding carboxylic acids is 1. The highest BCUT2D eigenvalue weighted by Crippen LogP contribution is 2.19. The summed E-state index contributed by atoms with van der Waals surface area (Å²) in [6, 6.07) is 9.28. The van der Waals surface area contributed by atoms with Gasteiger partial charge in [0.05, 0.1) is 6.26 Å². The van der Waals surface area contributed by atoms with Crippen LogP contribution in [0, 0.1) is 0 Å². The Morgan fingerprint density at radius 2 is 1.60 bits per heavy atom. The minimum Gasteiger partial charge on any atom is -0.451 e. The van der Waals surface area contributed by atoms with Crippen LogP contribution in [0.25, 0.3) is 0 Å². The Labute approximate surface area is 147 Å². The van der Waals surface area contributed by atoms with E-state index in [-0.39, 0.29) is 11.1 Å². The van der Waals surface area contributed by atoms with Crippen LogP contribution >= 0.6 is 0 Å². The molecule has 3 rings (SSSR count). The van der Waals surface area contributed by atoms with Crippen molar-refractivity contribution >= 4 is 27.4 Å². The van der Waals surface area contributed by atoms with Crippen molar-refractivity contribution in [2.45, 2.75) is 30.8 Å². The van der Waals surface area contributed by atoms with E-state index in [1.165, 1.54) is 18.4 Å². The van der Waals surface area contributed by atoms with E-state index in [0.717, 1.165) is 38.8 Å². The Morgan fingerprint density at radius 3 is 2.20 bits per heavy atom. The van der Waals surface area contributed by atoms with Crippen LogP contribution < -0.4 is 10.0 Å². The molecule has 0 atom stereocenters. The van der Waals surface area contributed by atoms with Crippen molar-refractivity contribution in [2.24, 2.45) is 0 Å². The van der Waals surface area contributed by atoms with Gasteiger partial charge in [0.25, 0.3) is 10.0 Å². The summed E-state index contributed by atoms with van der Waals surface area (Å²) in [4.78, 5) is 14.1. The van der Waals surface area contributed by atoms with Crippen LogP contribution in [0.3, 0.4) is 0 Å². The Balaban J connectivity index is 1.61. The topological polar surface area (TPSA) is 91.7 Å². The first-order valence-electron chi connectivity index (χ1n) is 8.27. The molecule has 134 valence electrons. The predicted octanol–water partition coefficient (Wildman–Crippen LogP) is 3.49. The molecule has 1 fully saturated rings. The summed E-state index contributed by atoms with van der Waals surface area (Å²) in [6.07, 6.45) is 5.68. The molecule has 25 heavy (non-hydrogen) atoms. The van der Waals surface area contributed by atoms with E-state index in [1.807, 2.05) is 4.90 Å². The van der Waals surface area contributed by atoms with Gasteiger partial charge in [-0.2, -0.15) is 8.42 Å². The van der Waals surface area contributed by atoms with Crippen LogP contribution in [0.4, 0.5) is 16.2 Å². The summed E-state index contributed by atoms with van der Waals surface area (Å²) in [5.74, 6) is 0. The number of hydrogen-bond donors (Lipinski definition) is 2. The minimum absolute atomic E-state index is 0.120. The van der Waals surface area contributed by atoms with Crippen molar-refractivity contribution in [3.8, 4) is 0 Å². The predicted molar refractivity (Wildman–Crippen MR) is 95.0 cm³/mol. The van der Waals surface area contributed by atoms with Gasteiger partial charge in [0.2, 0.25) is 5.09 Å². The van der Waals surface area contributed by atoms with E-state index in [4.69, 9.17) is 4.42 Å². The van der Waals surface area contributed by atoms with Crippen LogP contribution in [-0.2, 0) is 10.0 Å². The van der Waals surface area contributed by atoms with Gasteiger partial charge in [-0.05, 0) is 49.2 Å². The summed E-state index contributed by atoms with van der Waals surface area (Å²) in [5, 5.41) is 2.70. The highest BCUT2D eigenvalue weighted by molar-refractivity contribution is 7.92. The van der Waals surface area contributed by atoms with Crippen molar-refractivity contribution in [1.29, 1.82) is 0 Å². The number of furan rings is 1. The van der Waals surface area contributed by atoms with Crippen LogP contribution in [-0.4, -0.2) is 32.4 Å². The van der Waals surface area contributed by atoms with Gasteiger partial charge in [0, 0.05) is 24.5 Å². The minimum atomic E-state index is -3.74. The highest BCUT2D eigenvalue weighted by Gasteiger charge is 2.18. The molecule has 0 bridgehead atoms. The van der Waals surface area contributed by atoms with Gasteiger partial charge in [0.1, 0.15) is 0 Å². The molecule has 8 heteroatoms. The molecular formula is C17H21N3O4S. The molecule has 1 aliphatic heterocycles. The Kier molecular flexibility index (Phi) is 5.28. The maximum atomic E-state index is 12.3. The van der Waals surface area contributed by atoms with E-state index in [2.05, 4.69) is 10.0 Å². The number of likely N-dealkylation sites (tertiary alicyclic amines) is 1. The van der Waals surface area contributed by atoms with Crippen LogP contribution in [0.5, 0.6) is 0 Å². The molecule has 2 amide bonds. The standard InChI is InChI=1S/C17H21N3O4S/c21-17(20-11-3-1-2-4-12-20)18-14-7-9-15(10-8-14)19-25(22,23)16-6-5-13-24-16/h5-10,13,19H,1-4,11-12H2,(H,18,21). The summed E-state index contributed by atoms with van der Waals surface area (Å²) < 4.78 is 31.5. The fourth-order valence-corrected chi connectivity index (χ4v) is 3.71. The number of amides is 2. The maximum absolute atomic E-state index is 12.3. The Bertz CT molecular complexity index is 793. The van der Waals surface area contributed by atoms with Crippen molar-refractivity contribution in [3.63, 3.8) is 0 Å². The van der Waals surface area contributed by atoms with E-state index in [1.54, 1.807) is 24.3 Å². The molecule has 0 saturated carbocycles. The second-order valence-electron chi connectivity index (χ2n) is 5.95. The largest absolute Gasteiger partial charge is 0.451 e. The monoisotopic (exact) mass is 363 g/mol. The molecule has 7 nitrogen and oxygen atoms in total. The van der Waals surface area contributed by atoms with E-state index in [9.17, 15) is 13.2 Å². The molecule has 0 unspecified atom stereocenters. The van der Waals surface area contributed by atoms with Crippen molar-refractivity contribution in [2.75, 3.05) is 23.1 Å². The van der Waals surface area contributed by atoms with Crippen LogP contribution in [0.2, 0.25) is 0 Å². The first-order valence-corrected chi connectivity index (χ1v) is 9.75. The molecule has 1 aromatic heterocycles. The van der Waals surface area contributed by atoms with Gasteiger partial charge >= 0.3 is 6.03 Å². The lowest BCUT2D eigenvalue weighted by atomic mass is 10.2. The first-order chi connectivity index (χ1) is 12.0. The fourth-order valence-electron chi connectivity index (χ4n) is 2.72. The van der Waals surface area contributed by atoms with Crippen LogP contribution in [0.1, 0.15) is 25.7 Å². The molecule has 0 radical (unpaired) electrons. The third-order valence-electron chi connectivity index (χ3n) is 4.04. The SMILES string of the molecule is O=C(Nc1ccc(NS(=O)(=O)c2ccco2)cc1)N1CCCCCC1. The summed E-state index contributed by atoms with van der Waals surface area (Å²) in [6.45, 7) is 1.54. The average molecular weight is 363 g/mol. The van der Waals surface area contributed by atoms with Gasteiger partial charge in [-0.25, -0.2) is 4.79 Å². The maximum Gasteiger partial charge on any atom is 0.321 e. The third-order valence-corrected chi connectivity index (χ3v) is 5.31. The molecular weight excluding hydrogens is 342 g/mol. The highest BCUT2D eigenvalue weighted by atomic mass is 32.2. The summed E-state index contributed by atoms with van der Waals surface area (Å²) >= 11 is 0. The molecule has 2 N–H and O–H groups in total. The average Bonchev–Trinajstić information content (AvgIpc) is 3.00. The van der Waals surface area contributed by atoms with E-state index >= 15 is 0 Å². The molecule has 1 aromatic carbocycles.